The first-order valence-electron chi connectivity index (χ1n) is 8.51. The predicted octanol–water partition coefficient (Wildman–Crippen LogP) is 6.09. The van der Waals surface area contributed by atoms with Crippen molar-refractivity contribution in [2.24, 2.45) is 0 Å². The fourth-order valence-electron chi connectivity index (χ4n) is 3.02. The number of carbonyl (C=O) groups excluding carboxylic acids is 1. The zero-order chi connectivity index (χ0) is 19.7. The second-order valence-corrected chi connectivity index (χ2v) is 6.63. The number of aromatic nitrogens is 1. The standard InChI is InChI=1S/C22H14F2N2OS/c23-15-8-6-14(7-9-15)22(27)26-21-19(13-4-2-1-3-5-13)20(28)17-12-16(24)10-11-18(17)25-21/h1-12H,(H2,25,26,27,28). The van der Waals surface area contributed by atoms with Gasteiger partial charge in [-0.3, -0.25) is 4.79 Å². The highest BCUT2D eigenvalue weighted by Crippen LogP contribution is 2.32. The van der Waals surface area contributed by atoms with Crippen molar-refractivity contribution >= 4 is 34.8 Å². The maximum atomic E-state index is 13.8. The first-order chi connectivity index (χ1) is 13.5. The number of nitrogens with one attached hydrogen (secondary N) is 2. The molecule has 138 valence electrons. The number of H-pyrrole nitrogens is 1. The molecule has 0 bridgehead atoms. The van der Waals surface area contributed by atoms with Gasteiger partial charge in [-0.25, -0.2) is 8.78 Å². The van der Waals surface area contributed by atoms with E-state index in [1.807, 2.05) is 30.3 Å². The second kappa shape index (κ2) is 7.32. The van der Waals surface area contributed by atoms with E-state index in [1.54, 1.807) is 6.07 Å². The number of aromatic amines is 1. The molecular weight excluding hydrogens is 378 g/mol. The molecule has 0 atom stereocenters. The van der Waals surface area contributed by atoms with E-state index < -0.39 is 17.5 Å². The highest BCUT2D eigenvalue weighted by atomic mass is 32.1. The van der Waals surface area contributed by atoms with Gasteiger partial charge in [-0.2, -0.15) is 0 Å². The minimum atomic E-state index is -0.423. The quantitative estimate of drug-likeness (QED) is 0.414. The van der Waals surface area contributed by atoms with Crippen molar-refractivity contribution in [3.8, 4) is 11.1 Å². The number of hydrogen-bond donors (Lipinski definition) is 2. The van der Waals surface area contributed by atoms with E-state index in [0.29, 0.717) is 32.4 Å². The lowest BCUT2D eigenvalue weighted by Crippen LogP contribution is -2.14. The van der Waals surface area contributed by atoms with E-state index in [9.17, 15) is 13.6 Å². The topological polar surface area (TPSA) is 44.9 Å². The number of carbonyl (C=O) groups is 1. The maximum Gasteiger partial charge on any atom is 0.256 e. The van der Waals surface area contributed by atoms with E-state index in [1.165, 1.54) is 36.4 Å². The van der Waals surface area contributed by atoms with Crippen LogP contribution in [0.2, 0.25) is 0 Å². The number of pyridine rings is 1. The summed E-state index contributed by atoms with van der Waals surface area (Å²) < 4.78 is 27.3. The third kappa shape index (κ3) is 3.42. The molecule has 3 aromatic carbocycles. The number of anilines is 1. The molecule has 6 heteroatoms. The monoisotopic (exact) mass is 392 g/mol. The molecule has 0 aliphatic carbocycles. The first kappa shape index (κ1) is 18.0. The predicted molar refractivity (Wildman–Crippen MR) is 109 cm³/mol. The van der Waals surface area contributed by atoms with Gasteiger partial charge >= 0.3 is 0 Å². The molecule has 1 aromatic heterocycles. The Bertz CT molecular complexity index is 1240. The highest BCUT2D eigenvalue weighted by molar-refractivity contribution is 7.71. The smallest absolute Gasteiger partial charge is 0.256 e. The largest absolute Gasteiger partial charge is 0.341 e. The van der Waals surface area contributed by atoms with Gasteiger partial charge in [-0.1, -0.05) is 42.5 Å². The van der Waals surface area contributed by atoms with Crippen LogP contribution in [-0.4, -0.2) is 10.9 Å². The summed E-state index contributed by atoms with van der Waals surface area (Å²) in [6.07, 6.45) is 0. The van der Waals surface area contributed by atoms with E-state index in [0.717, 1.165) is 5.56 Å². The Balaban J connectivity index is 1.89. The highest BCUT2D eigenvalue weighted by Gasteiger charge is 2.15. The molecule has 1 heterocycles. The van der Waals surface area contributed by atoms with Crippen molar-refractivity contribution in [2.75, 3.05) is 5.32 Å². The Labute approximate surface area is 164 Å². The molecule has 0 spiro atoms. The van der Waals surface area contributed by atoms with Crippen molar-refractivity contribution < 1.29 is 13.6 Å². The Morgan fingerprint density at radius 1 is 0.893 bits per heavy atom. The van der Waals surface area contributed by atoms with Gasteiger partial charge in [0.1, 0.15) is 17.5 Å². The molecule has 0 aliphatic rings. The third-order valence-electron chi connectivity index (χ3n) is 4.37. The molecule has 0 saturated heterocycles. The molecule has 4 rings (SSSR count). The summed E-state index contributed by atoms with van der Waals surface area (Å²) in [5.41, 5.74) is 2.27. The van der Waals surface area contributed by atoms with Gasteiger partial charge in [0.2, 0.25) is 0 Å². The summed E-state index contributed by atoms with van der Waals surface area (Å²) in [6.45, 7) is 0. The minimum Gasteiger partial charge on any atom is -0.341 e. The van der Waals surface area contributed by atoms with Gasteiger partial charge in [0.25, 0.3) is 5.91 Å². The lowest BCUT2D eigenvalue weighted by molar-refractivity contribution is 0.102. The molecule has 0 saturated carbocycles. The van der Waals surface area contributed by atoms with Crippen molar-refractivity contribution in [3.05, 3.63) is 94.5 Å². The van der Waals surface area contributed by atoms with Gasteiger partial charge < -0.3 is 10.3 Å². The summed E-state index contributed by atoms with van der Waals surface area (Å²) in [4.78, 5) is 15.8. The zero-order valence-corrected chi connectivity index (χ0v) is 15.3. The first-order valence-corrected chi connectivity index (χ1v) is 8.91. The molecule has 4 aromatic rings. The van der Waals surface area contributed by atoms with E-state index >= 15 is 0 Å². The Morgan fingerprint density at radius 2 is 1.57 bits per heavy atom. The van der Waals surface area contributed by atoms with Crippen molar-refractivity contribution in [1.29, 1.82) is 0 Å². The molecule has 0 fully saturated rings. The zero-order valence-electron chi connectivity index (χ0n) is 14.5. The molecule has 0 unspecified atom stereocenters. The number of rotatable bonds is 3. The van der Waals surface area contributed by atoms with Gasteiger partial charge in [0.05, 0.1) is 4.51 Å². The summed E-state index contributed by atoms with van der Waals surface area (Å²) >= 11 is 5.62. The van der Waals surface area contributed by atoms with Crippen LogP contribution in [0.25, 0.3) is 22.0 Å². The fraction of sp³-hybridized carbons (Fsp3) is 0. The normalized spacial score (nSPS) is 10.8. The van der Waals surface area contributed by atoms with Crippen LogP contribution in [0.4, 0.5) is 14.6 Å². The average Bonchev–Trinajstić information content (AvgIpc) is 2.70. The summed E-state index contributed by atoms with van der Waals surface area (Å²) in [5, 5.41) is 3.36. The van der Waals surface area contributed by atoms with Crippen LogP contribution in [-0.2, 0) is 0 Å². The molecule has 1 amide bonds. The molecule has 28 heavy (non-hydrogen) atoms. The van der Waals surface area contributed by atoms with Crippen LogP contribution in [0.15, 0.2) is 72.8 Å². The number of halogens is 2. The Morgan fingerprint density at radius 3 is 2.29 bits per heavy atom. The van der Waals surface area contributed by atoms with Crippen molar-refractivity contribution in [1.82, 2.24) is 4.98 Å². The molecule has 0 radical (unpaired) electrons. The van der Waals surface area contributed by atoms with Crippen LogP contribution in [0.5, 0.6) is 0 Å². The van der Waals surface area contributed by atoms with Crippen LogP contribution >= 0.6 is 12.2 Å². The SMILES string of the molecule is O=C(Nc1[nH]c2ccc(F)cc2c(=S)c1-c1ccccc1)c1ccc(F)cc1. The lowest BCUT2D eigenvalue weighted by Gasteiger charge is -2.14. The van der Waals surface area contributed by atoms with Crippen LogP contribution < -0.4 is 5.32 Å². The van der Waals surface area contributed by atoms with Gasteiger partial charge in [0.15, 0.2) is 0 Å². The van der Waals surface area contributed by atoms with Gasteiger partial charge in [0, 0.05) is 22.0 Å². The lowest BCUT2D eigenvalue weighted by atomic mass is 10.0. The fourth-order valence-corrected chi connectivity index (χ4v) is 3.41. The van der Waals surface area contributed by atoms with E-state index in [2.05, 4.69) is 10.3 Å². The van der Waals surface area contributed by atoms with Gasteiger partial charge in [-0.05, 0) is 48.0 Å². The minimum absolute atomic E-state index is 0.305. The number of fused-ring (bicyclic) bond motifs is 1. The van der Waals surface area contributed by atoms with Crippen LogP contribution in [0.3, 0.4) is 0 Å². The molecular formula is C22H14F2N2OS. The maximum absolute atomic E-state index is 13.8. The molecule has 0 aliphatic heterocycles. The molecule has 3 nitrogen and oxygen atoms in total. The number of hydrogen-bond acceptors (Lipinski definition) is 2. The van der Waals surface area contributed by atoms with Crippen molar-refractivity contribution in [2.45, 2.75) is 0 Å². The average molecular weight is 392 g/mol. The summed E-state index contributed by atoms with van der Waals surface area (Å²) in [7, 11) is 0. The van der Waals surface area contributed by atoms with E-state index in [4.69, 9.17) is 12.2 Å². The van der Waals surface area contributed by atoms with Crippen molar-refractivity contribution in [3.63, 3.8) is 0 Å². The number of amides is 1. The van der Waals surface area contributed by atoms with Gasteiger partial charge in [-0.15, -0.1) is 0 Å². The van der Waals surface area contributed by atoms with E-state index in [-0.39, 0.29) is 0 Å². The summed E-state index contributed by atoms with van der Waals surface area (Å²) in [5.74, 6) is -0.836. The Hall–Kier alpha value is -3.38. The van der Waals surface area contributed by atoms with Crippen LogP contribution in [0.1, 0.15) is 10.4 Å². The molecule has 2 N–H and O–H groups in total. The van der Waals surface area contributed by atoms with Crippen LogP contribution in [0, 0.1) is 16.1 Å². The number of benzene rings is 3. The Kier molecular flexibility index (Phi) is 4.71. The summed E-state index contributed by atoms with van der Waals surface area (Å²) in [6, 6.07) is 18.8. The third-order valence-corrected chi connectivity index (χ3v) is 4.79. The second-order valence-electron chi connectivity index (χ2n) is 6.22.